The molecule has 0 saturated heterocycles. The Hall–Kier alpha value is -1.71. The molecule has 21 heavy (non-hydrogen) atoms. The lowest BCUT2D eigenvalue weighted by Gasteiger charge is -2.14. The molecule has 0 bridgehead atoms. The molecule has 0 saturated carbocycles. The van der Waals surface area contributed by atoms with Gasteiger partial charge in [0.05, 0.1) is 25.4 Å². The third kappa shape index (κ3) is 6.06. The topological polar surface area (TPSA) is 44.8 Å². The Bertz CT molecular complexity index is 440. The van der Waals surface area contributed by atoms with Crippen LogP contribution in [0.25, 0.3) is 0 Å². The monoisotopic (exact) mass is 294 g/mol. The maximum atomic E-state index is 12.0. The molecule has 0 fully saturated rings. The molecule has 0 aliphatic heterocycles. The van der Waals surface area contributed by atoms with E-state index in [0.717, 1.165) is 12.8 Å². The van der Waals surface area contributed by atoms with Crippen molar-refractivity contribution in [2.24, 2.45) is 0 Å². The van der Waals surface area contributed by atoms with Crippen LogP contribution in [0, 0.1) is 0 Å². The minimum absolute atomic E-state index is 0.0512. The van der Waals surface area contributed by atoms with Crippen molar-refractivity contribution < 1.29 is 19.0 Å². The molecule has 0 heterocycles. The van der Waals surface area contributed by atoms with Gasteiger partial charge in [0.1, 0.15) is 0 Å². The highest BCUT2D eigenvalue weighted by Gasteiger charge is 2.13. The first-order valence-corrected chi connectivity index (χ1v) is 7.60. The first-order chi connectivity index (χ1) is 10.1. The molecule has 0 amide bonds. The predicted octanol–water partition coefficient (Wildman–Crippen LogP) is 4.22. The summed E-state index contributed by atoms with van der Waals surface area (Å²) >= 11 is 0. The number of benzene rings is 1. The van der Waals surface area contributed by atoms with Crippen LogP contribution >= 0.6 is 0 Å². The fourth-order valence-electron chi connectivity index (χ4n) is 1.92. The number of methoxy groups -OCH3 is 1. The van der Waals surface area contributed by atoms with E-state index in [0.29, 0.717) is 23.7 Å². The van der Waals surface area contributed by atoms with Crippen molar-refractivity contribution in [3.8, 4) is 11.5 Å². The van der Waals surface area contributed by atoms with Gasteiger partial charge in [0, 0.05) is 0 Å². The van der Waals surface area contributed by atoms with Crippen molar-refractivity contribution in [2.75, 3.05) is 13.7 Å². The van der Waals surface area contributed by atoms with E-state index in [1.54, 1.807) is 25.3 Å². The molecule has 0 N–H and O–H groups in total. The highest BCUT2D eigenvalue weighted by molar-refractivity contribution is 5.90. The van der Waals surface area contributed by atoms with Crippen LogP contribution in [0.4, 0.5) is 0 Å². The number of hydrogen-bond donors (Lipinski definition) is 0. The molecule has 4 heteroatoms. The summed E-state index contributed by atoms with van der Waals surface area (Å²) in [6.07, 6.45) is 4.39. The van der Waals surface area contributed by atoms with Gasteiger partial charge >= 0.3 is 5.97 Å². The summed E-state index contributed by atoms with van der Waals surface area (Å²) in [7, 11) is 1.56. The molecule has 4 nitrogen and oxygen atoms in total. The van der Waals surface area contributed by atoms with Gasteiger partial charge < -0.3 is 14.2 Å². The Morgan fingerprint density at radius 1 is 1.14 bits per heavy atom. The minimum atomic E-state index is -0.319. The molecule has 0 radical (unpaired) electrons. The SMILES string of the molecule is CCCCCCOC(=O)c1ccc(OC(C)C)c(OC)c1. The van der Waals surface area contributed by atoms with Crippen LogP contribution < -0.4 is 9.47 Å². The van der Waals surface area contributed by atoms with Crippen LogP contribution in [0.2, 0.25) is 0 Å². The van der Waals surface area contributed by atoms with Gasteiger partial charge in [-0.05, 0) is 38.5 Å². The van der Waals surface area contributed by atoms with Crippen LogP contribution in [0.3, 0.4) is 0 Å². The van der Waals surface area contributed by atoms with Gasteiger partial charge in [-0.1, -0.05) is 26.2 Å². The summed E-state index contributed by atoms with van der Waals surface area (Å²) in [5.74, 6) is 0.858. The molecule has 0 aliphatic carbocycles. The van der Waals surface area contributed by atoms with E-state index in [-0.39, 0.29) is 12.1 Å². The number of carbonyl (C=O) groups is 1. The quantitative estimate of drug-likeness (QED) is 0.505. The molecule has 0 spiro atoms. The number of rotatable bonds is 9. The summed E-state index contributed by atoms with van der Waals surface area (Å²) in [5.41, 5.74) is 0.485. The summed E-state index contributed by atoms with van der Waals surface area (Å²) in [5, 5.41) is 0. The average Bonchev–Trinajstić information content (AvgIpc) is 2.46. The largest absolute Gasteiger partial charge is 0.493 e. The highest BCUT2D eigenvalue weighted by Crippen LogP contribution is 2.29. The molecule has 0 aliphatic rings. The normalized spacial score (nSPS) is 10.5. The van der Waals surface area contributed by atoms with Crippen LogP contribution in [-0.2, 0) is 4.74 Å². The summed E-state index contributed by atoms with van der Waals surface area (Å²) in [4.78, 5) is 12.0. The fourth-order valence-corrected chi connectivity index (χ4v) is 1.92. The van der Waals surface area contributed by atoms with E-state index >= 15 is 0 Å². The van der Waals surface area contributed by atoms with E-state index in [9.17, 15) is 4.79 Å². The summed E-state index contributed by atoms with van der Waals surface area (Å²) in [6.45, 7) is 6.50. The van der Waals surface area contributed by atoms with E-state index < -0.39 is 0 Å². The summed E-state index contributed by atoms with van der Waals surface area (Å²) < 4.78 is 16.1. The van der Waals surface area contributed by atoms with Crippen molar-refractivity contribution in [1.29, 1.82) is 0 Å². The van der Waals surface area contributed by atoms with Crippen LogP contribution in [-0.4, -0.2) is 25.8 Å². The van der Waals surface area contributed by atoms with E-state index in [2.05, 4.69) is 6.92 Å². The lowest BCUT2D eigenvalue weighted by molar-refractivity contribution is 0.0497. The Labute approximate surface area is 127 Å². The van der Waals surface area contributed by atoms with Gasteiger partial charge in [-0.25, -0.2) is 4.79 Å². The first kappa shape index (κ1) is 17.3. The van der Waals surface area contributed by atoms with Gasteiger partial charge in [-0.3, -0.25) is 0 Å². The predicted molar refractivity (Wildman–Crippen MR) is 83.2 cm³/mol. The second-order valence-corrected chi connectivity index (χ2v) is 5.23. The van der Waals surface area contributed by atoms with Gasteiger partial charge in [0.25, 0.3) is 0 Å². The summed E-state index contributed by atoms with van der Waals surface area (Å²) in [6, 6.07) is 5.10. The van der Waals surface area contributed by atoms with Crippen LogP contribution in [0.1, 0.15) is 56.8 Å². The van der Waals surface area contributed by atoms with Crippen molar-refractivity contribution in [3.63, 3.8) is 0 Å². The van der Waals surface area contributed by atoms with Gasteiger partial charge in [-0.15, -0.1) is 0 Å². The molecule has 118 valence electrons. The number of esters is 1. The van der Waals surface area contributed by atoms with Crippen molar-refractivity contribution in [2.45, 2.75) is 52.6 Å². The minimum Gasteiger partial charge on any atom is -0.493 e. The van der Waals surface area contributed by atoms with Crippen LogP contribution in [0.5, 0.6) is 11.5 Å². The average molecular weight is 294 g/mol. The molecule has 0 aromatic heterocycles. The second kappa shape index (κ2) is 9.27. The fraction of sp³-hybridized carbons (Fsp3) is 0.588. The number of hydrogen-bond acceptors (Lipinski definition) is 4. The van der Waals surface area contributed by atoms with E-state index in [4.69, 9.17) is 14.2 Å². The third-order valence-electron chi connectivity index (χ3n) is 2.99. The molecular formula is C17H26O4. The third-order valence-corrected chi connectivity index (χ3v) is 2.99. The molecule has 1 aromatic rings. The molecular weight excluding hydrogens is 268 g/mol. The second-order valence-electron chi connectivity index (χ2n) is 5.23. The van der Waals surface area contributed by atoms with Crippen molar-refractivity contribution in [3.05, 3.63) is 23.8 Å². The Morgan fingerprint density at radius 3 is 2.52 bits per heavy atom. The zero-order chi connectivity index (χ0) is 15.7. The lowest BCUT2D eigenvalue weighted by atomic mass is 10.2. The number of carbonyl (C=O) groups excluding carboxylic acids is 1. The molecule has 0 atom stereocenters. The van der Waals surface area contributed by atoms with Gasteiger partial charge in [0.2, 0.25) is 0 Å². The maximum Gasteiger partial charge on any atom is 0.338 e. The zero-order valence-electron chi connectivity index (χ0n) is 13.5. The lowest BCUT2D eigenvalue weighted by Crippen LogP contribution is -2.09. The Morgan fingerprint density at radius 2 is 1.90 bits per heavy atom. The Kier molecular flexibility index (Phi) is 7.65. The molecule has 1 rings (SSSR count). The Balaban J connectivity index is 2.60. The maximum absolute atomic E-state index is 12.0. The number of unbranched alkanes of at least 4 members (excludes halogenated alkanes) is 3. The first-order valence-electron chi connectivity index (χ1n) is 7.60. The van der Waals surface area contributed by atoms with Gasteiger partial charge in [0.15, 0.2) is 11.5 Å². The molecule has 0 unspecified atom stereocenters. The van der Waals surface area contributed by atoms with Crippen molar-refractivity contribution >= 4 is 5.97 Å². The van der Waals surface area contributed by atoms with Crippen LogP contribution in [0.15, 0.2) is 18.2 Å². The number of ether oxygens (including phenoxy) is 3. The van der Waals surface area contributed by atoms with E-state index in [1.165, 1.54) is 12.8 Å². The smallest absolute Gasteiger partial charge is 0.338 e. The standard InChI is InChI=1S/C17H26O4/c1-5-6-7-8-11-20-17(18)14-9-10-15(21-13(2)3)16(12-14)19-4/h9-10,12-13H,5-8,11H2,1-4H3. The molecule has 1 aromatic carbocycles. The van der Waals surface area contributed by atoms with Gasteiger partial charge in [-0.2, -0.15) is 0 Å². The highest BCUT2D eigenvalue weighted by atomic mass is 16.5. The zero-order valence-corrected chi connectivity index (χ0v) is 13.5. The van der Waals surface area contributed by atoms with E-state index in [1.807, 2.05) is 13.8 Å². The van der Waals surface area contributed by atoms with Crippen molar-refractivity contribution in [1.82, 2.24) is 0 Å².